The van der Waals surface area contributed by atoms with Gasteiger partial charge in [0.1, 0.15) is 11.5 Å². The van der Waals surface area contributed by atoms with Crippen molar-refractivity contribution >= 4 is 28.9 Å². The lowest BCUT2D eigenvalue weighted by molar-refractivity contribution is 0.0977. The Hall–Kier alpha value is -2.60. The van der Waals surface area contributed by atoms with Crippen molar-refractivity contribution in [3.05, 3.63) is 54.1 Å². The molecule has 0 bridgehead atoms. The Bertz CT molecular complexity index is 776. The van der Waals surface area contributed by atoms with Crippen LogP contribution in [0.4, 0.5) is 5.69 Å². The summed E-state index contributed by atoms with van der Waals surface area (Å²) in [5, 5.41) is 5.96. The molecule has 0 radical (unpaired) electrons. The van der Waals surface area contributed by atoms with Crippen LogP contribution in [0.25, 0.3) is 0 Å². The van der Waals surface area contributed by atoms with Crippen molar-refractivity contribution < 1.29 is 14.3 Å². The Morgan fingerprint density at radius 2 is 1.37 bits per heavy atom. The fraction of sp³-hybridized carbons (Fsp3) is 0.417. The van der Waals surface area contributed by atoms with Gasteiger partial charge < -0.3 is 14.8 Å². The summed E-state index contributed by atoms with van der Waals surface area (Å²) in [6.07, 6.45) is 6.81. The molecule has 0 aromatic heterocycles. The molecule has 1 amide bonds. The highest BCUT2D eigenvalue weighted by atomic mass is 32.1. The highest BCUT2D eigenvalue weighted by molar-refractivity contribution is 7.80. The second-order valence-corrected chi connectivity index (χ2v) is 7.48. The second kappa shape index (κ2) is 13.6. The van der Waals surface area contributed by atoms with Crippen LogP contribution in [0, 0.1) is 0 Å². The molecule has 0 fully saturated rings. The standard InChI is InChI=1S/C24H32N2O3S/c1-3-5-7-8-18-29-22-15-11-20(12-16-22)25-24(30)26-23(27)19-9-13-21(14-10-19)28-17-6-4-2/h9-16H,3-8,17-18H2,1-2H3,(H2,25,26,27,30). The number of ether oxygens (including phenoxy) is 2. The lowest BCUT2D eigenvalue weighted by Crippen LogP contribution is -2.34. The fourth-order valence-corrected chi connectivity index (χ4v) is 2.94. The van der Waals surface area contributed by atoms with Crippen LogP contribution in [0.2, 0.25) is 0 Å². The van der Waals surface area contributed by atoms with Gasteiger partial charge in [-0.15, -0.1) is 0 Å². The molecule has 0 aliphatic rings. The molecule has 6 heteroatoms. The van der Waals surface area contributed by atoms with Gasteiger partial charge in [-0.2, -0.15) is 0 Å². The van der Waals surface area contributed by atoms with Crippen LogP contribution in [0.15, 0.2) is 48.5 Å². The van der Waals surface area contributed by atoms with Gasteiger partial charge in [0.05, 0.1) is 13.2 Å². The maximum absolute atomic E-state index is 12.4. The average molecular weight is 429 g/mol. The Balaban J connectivity index is 1.75. The zero-order valence-electron chi connectivity index (χ0n) is 17.9. The molecular formula is C24H32N2O3S. The highest BCUT2D eigenvalue weighted by Gasteiger charge is 2.08. The van der Waals surface area contributed by atoms with E-state index in [2.05, 4.69) is 24.5 Å². The maximum Gasteiger partial charge on any atom is 0.257 e. The molecule has 0 aliphatic carbocycles. The van der Waals surface area contributed by atoms with Crippen molar-refractivity contribution in [3.63, 3.8) is 0 Å². The van der Waals surface area contributed by atoms with Crippen molar-refractivity contribution in [2.45, 2.75) is 52.4 Å². The monoisotopic (exact) mass is 428 g/mol. The van der Waals surface area contributed by atoms with Gasteiger partial charge in [0.15, 0.2) is 5.11 Å². The van der Waals surface area contributed by atoms with Gasteiger partial charge in [0.2, 0.25) is 0 Å². The van der Waals surface area contributed by atoms with Crippen LogP contribution in [0.5, 0.6) is 11.5 Å². The van der Waals surface area contributed by atoms with Crippen LogP contribution in [-0.2, 0) is 0 Å². The summed E-state index contributed by atoms with van der Waals surface area (Å²) in [6, 6.07) is 14.6. The minimum atomic E-state index is -0.264. The normalized spacial score (nSPS) is 10.3. The summed E-state index contributed by atoms with van der Waals surface area (Å²) in [7, 11) is 0. The van der Waals surface area contributed by atoms with Crippen molar-refractivity contribution in [2.24, 2.45) is 0 Å². The van der Waals surface area contributed by atoms with Gasteiger partial charge in [-0.05, 0) is 73.6 Å². The summed E-state index contributed by atoms with van der Waals surface area (Å²) < 4.78 is 11.3. The molecule has 0 spiro atoms. The largest absolute Gasteiger partial charge is 0.494 e. The lowest BCUT2D eigenvalue weighted by Gasteiger charge is -2.11. The predicted molar refractivity (Wildman–Crippen MR) is 127 cm³/mol. The van der Waals surface area contributed by atoms with Crippen molar-refractivity contribution in [1.29, 1.82) is 0 Å². The molecule has 0 atom stereocenters. The molecule has 2 N–H and O–H groups in total. The quantitative estimate of drug-likeness (QED) is 0.323. The molecule has 162 valence electrons. The molecule has 0 saturated carbocycles. The number of thiocarbonyl (C=S) groups is 1. The first-order valence-electron chi connectivity index (χ1n) is 10.7. The van der Waals surface area contributed by atoms with Crippen molar-refractivity contribution in [3.8, 4) is 11.5 Å². The number of hydrogen-bond donors (Lipinski definition) is 2. The van der Waals surface area contributed by atoms with E-state index in [9.17, 15) is 4.79 Å². The van der Waals surface area contributed by atoms with Crippen LogP contribution in [0.1, 0.15) is 62.7 Å². The summed E-state index contributed by atoms with van der Waals surface area (Å²) in [6.45, 7) is 5.72. The first-order chi connectivity index (χ1) is 14.6. The molecular weight excluding hydrogens is 396 g/mol. The van der Waals surface area contributed by atoms with Gasteiger partial charge in [-0.1, -0.05) is 39.5 Å². The Morgan fingerprint density at radius 1 is 0.800 bits per heavy atom. The number of amides is 1. The van der Waals surface area contributed by atoms with E-state index in [0.29, 0.717) is 12.2 Å². The highest BCUT2D eigenvalue weighted by Crippen LogP contribution is 2.17. The van der Waals surface area contributed by atoms with Gasteiger partial charge in [0.25, 0.3) is 5.91 Å². The number of unbranched alkanes of at least 4 members (excludes halogenated alkanes) is 4. The molecule has 2 aromatic carbocycles. The smallest absolute Gasteiger partial charge is 0.257 e. The van der Waals surface area contributed by atoms with E-state index in [1.54, 1.807) is 24.3 Å². The Kier molecular flexibility index (Phi) is 10.7. The van der Waals surface area contributed by atoms with Crippen LogP contribution in [0.3, 0.4) is 0 Å². The van der Waals surface area contributed by atoms with Crippen molar-refractivity contribution in [2.75, 3.05) is 18.5 Å². The number of nitrogens with one attached hydrogen (secondary N) is 2. The first kappa shape index (κ1) is 23.7. The number of hydrogen-bond acceptors (Lipinski definition) is 4. The minimum Gasteiger partial charge on any atom is -0.494 e. The molecule has 30 heavy (non-hydrogen) atoms. The zero-order chi connectivity index (χ0) is 21.6. The predicted octanol–water partition coefficient (Wildman–Crippen LogP) is 5.95. The number of rotatable bonds is 12. The molecule has 2 aromatic rings. The van der Waals surface area contributed by atoms with E-state index in [0.717, 1.165) is 43.1 Å². The van der Waals surface area contributed by atoms with Crippen LogP contribution in [-0.4, -0.2) is 24.2 Å². The topological polar surface area (TPSA) is 59.6 Å². The summed E-state index contributed by atoms with van der Waals surface area (Å²) in [5.74, 6) is 1.32. The van der Waals surface area contributed by atoms with E-state index in [1.807, 2.05) is 24.3 Å². The van der Waals surface area contributed by atoms with E-state index < -0.39 is 0 Å². The lowest BCUT2D eigenvalue weighted by atomic mass is 10.2. The average Bonchev–Trinajstić information content (AvgIpc) is 2.75. The first-order valence-corrected chi connectivity index (χ1v) is 11.1. The van der Waals surface area contributed by atoms with Crippen molar-refractivity contribution in [1.82, 2.24) is 5.32 Å². The third-order valence-electron chi connectivity index (χ3n) is 4.49. The Labute approximate surface area is 185 Å². The molecule has 2 rings (SSSR count). The van der Waals surface area contributed by atoms with Crippen LogP contribution >= 0.6 is 12.2 Å². The van der Waals surface area contributed by atoms with E-state index in [1.165, 1.54) is 19.3 Å². The number of anilines is 1. The molecule has 0 unspecified atom stereocenters. The molecule has 5 nitrogen and oxygen atoms in total. The fourth-order valence-electron chi connectivity index (χ4n) is 2.73. The van der Waals surface area contributed by atoms with Gasteiger partial charge in [0, 0.05) is 11.3 Å². The second-order valence-electron chi connectivity index (χ2n) is 7.07. The Morgan fingerprint density at radius 3 is 1.97 bits per heavy atom. The van der Waals surface area contributed by atoms with Gasteiger partial charge in [-0.25, -0.2) is 0 Å². The third kappa shape index (κ3) is 8.82. The zero-order valence-corrected chi connectivity index (χ0v) is 18.7. The van der Waals surface area contributed by atoms with Gasteiger partial charge in [-0.3, -0.25) is 10.1 Å². The minimum absolute atomic E-state index is 0.247. The summed E-state index contributed by atoms with van der Waals surface area (Å²) in [5.41, 5.74) is 1.31. The van der Waals surface area contributed by atoms with Gasteiger partial charge >= 0.3 is 0 Å². The number of carbonyl (C=O) groups excluding carboxylic acids is 1. The maximum atomic E-state index is 12.4. The molecule has 0 saturated heterocycles. The molecule has 0 aliphatic heterocycles. The summed E-state index contributed by atoms with van der Waals surface area (Å²) >= 11 is 5.25. The van der Waals surface area contributed by atoms with E-state index >= 15 is 0 Å². The van der Waals surface area contributed by atoms with E-state index in [4.69, 9.17) is 21.7 Å². The summed E-state index contributed by atoms with van der Waals surface area (Å²) in [4.78, 5) is 12.4. The number of benzene rings is 2. The third-order valence-corrected chi connectivity index (χ3v) is 4.69. The SMILES string of the molecule is CCCCCCOc1ccc(NC(=S)NC(=O)c2ccc(OCCCC)cc2)cc1. The van der Waals surface area contributed by atoms with E-state index in [-0.39, 0.29) is 11.0 Å². The molecule has 0 heterocycles. The van der Waals surface area contributed by atoms with Crippen LogP contribution < -0.4 is 20.1 Å². The number of carbonyl (C=O) groups is 1.